The van der Waals surface area contributed by atoms with Crippen molar-refractivity contribution in [1.82, 2.24) is 19.2 Å². The van der Waals surface area contributed by atoms with Gasteiger partial charge < -0.3 is 15.0 Å². The fourth-order valence-corrected chi connectivity index (χ4v) is 4.73. The molecule has 3 aromatic rings. The van der Waals surface area contributed by atoms with Gasteiger partial charge in [-0.1, -0.05) is 0 Å². The standard InChI is InChI=1S/C19H19N5O3S/c1-23-6-8-24(9-7-23)28(26,27)14-3-5-17(21-12-14)18-15-10-13(11-20)2-4-16(15)22-19(18)25/h2-5,10,12,22,25H,6-9H2,1H3. The lowest BCUT2D eigenvalue weighted by molar-refractivity contribution is 0.222. The molecule has 0 atom stereocenters. The monoisotopic (exact) mass is 397 g/mol. The molecule has 0 saturated carbocycles. The van der Waals surface area contributed by atoms with E-state index < -0.39 is 10.0 Å². The van der Waals surface area contributed by atoms with E-state index in [4.69, 9.17) is 5.26 Å². The lowest BCUT2D eigenvalue weighted by Gasteiger charge is -2.31. The van der Waals surface area contributed by atoms with Crippen LogP contribution in [0, 0.1) is 11.3 Å². The normalized spacial score (nSPS) is 16.3. The Hall–Kier alpha value is -2.93. The lowest BCUT2D eigenvalue weighted by atomic mass is 10.1. The Morgan fingerprint density at radius 2 is 1.93 bits per heavy atom. The summed E-state index contributed by atoms with van der Waals surface area (Å²) in [6.45, 7) is 2.27. The van der Waals surface area contributed by atoms with Crippen LogP contribution in [-0.2, 0) is 10.0 Å². The zero-order chi connectivity index (χ0) is 19.9. The van der Waals surface area contributed by atoms with Crippen LogP contribution < -0.4 is 0 Å². The van der Waals surface area contributed by atoms with Crippen LogP contribution in [-0.4, -0.2) is 65.9 Å². The lowest BCUT2D eigenvalue weighted by Crippen LogP contribution is -2.47. The highest BCUT2D eigenvalue weighted by Crippen LogP contribution is 2.36. The summed E-state index contributed by atoms with van der Waals surface area (Å²) in [6.07, 6.45) is 1.31. The molecule has 1 saturated heterocycles. The van der Waals surface area contributed by atoms with E-state index in [-0.39, 0.29) is 10.8 Å². The number of aromatic amines is 1. The second-order valence-corrected chi connectivity index (χ2v) is 8.75. The van der Waals surface area contributed by atoms with Gasteiger partial charge in [-0.05, 0) is 37.4 Å². The number of H-pyrrole nitrogens is 1. The molecule has 2 aromatic heterocycles. The number of fused-ring (bicyclic) bond motifs is 1. The van der Waals surface area contributed by atoms with E-state index in [1.165, 1.54) is 16.6 Å². The molecule has 3 heterocycles. The Labute approximate surface area is 162 Å². The second-order valence-electron chi connectivity index (χ2n) is 6.81. The van der Waals surface area contributed by atoms with E-state index in [1.807, 2.05) is 7.05 Å². The molecule has 1 aliphatic heterocycles. The maximum absolute atomic E-state index is 12.8. The first-order valence-electron chi connectivity index (χ1n) is 8.80. The van der Waals surface area contributed by atoms with Gasteiger partial charge in [-0.3, -0.25) is 4.98 Å². The van der Waals surface area contributed by atoms with Crippen molar-refractivity contribution < 1.29 is 13.5 Å². The number of nitrogens with one attached hydrogen (secondary N) is 1. The number of hydrogen-bond acceptors (Lipinski definition) is 6. The molecule has 8 nitrogen and oxygen atoms in total. The number of rotatable bonds is 3. The van der Waals surface area contributed by atoms with E-state index in [0.29, 0.717) is 53.9 Å². The van der Waals surface area contributed by atoms with Crippen molar-refractivity contribution in [2.45, 2.75) is 4.90 Å². The molecule has 0 bridgehead atoms. The summed E-state index contributed by atoms with van der Waals surface area (Å²) in [6, 6.07) is 10.2. The minimum absolute atomic E-state index is 0.0766. The van der Waals surface area contributed by atoms with E-state index in [0.717, 1.165) is 0 Å². The Bertz CT molecular complexity index is 1170. The summed E-state index contributed by atoms with van der Waals surface area (Å²) in [5.74, 6) is -0.0766. The molecule has 28 heavy (non-hydrogen) atoms. The van der Waals surface area contributed by atoms with Gasteiger partial charge in [0.15, 0.2) is 5.88 Å². The number of nitriles is 1. The Morgan fingerprint density at radius 3 is 2.57 bits per heavy atom. The summed E-state index contributed by atoms with van der Waals surface area (Å²) in [7, 11) is -1.64. The van der Waals surface area contributed by atoms with Crippen LogP contribution in [0.4, 0.5) is 0 Å². The fraction of sp³-hybridized carbons (Fsp3) is 0.263. The molecule has 1 aromatic carbocycles. The third kappa shape index (κ3) is 3.11. The number of pyridine rings is 1. The molecule has 0 unspecified atom stereocenters. The number of likely N-dealkylation sites (N-methyl/N-ethyl adjacent to an activating group) is 1. The van der Waals surface area contributed by atoms with Crippen molar-refractivity contribution in [3.05, 3.63) is 42.1 Å². The van der Waals surface area contributed by atoms with Crippen LogP contribution in [0.2, 0.25) is 0 Å². The smallest absolute Gasteiger partial charge is 0.244 e. The molecule has 9 heteroatoms. The summed E-state index contributed by atoms with van der Waals surface area (Å²) >= 11 is 0. The van der Waals surface area contributed by atoms with Gasteiger partial charge in [0.05, 0.1) is 22.9 Å². The molecule has 2 N–H and O–H groups in total. The van der Waals surface area contributed by atoms with Crippen molar-refractivity contribution in [2.75, 3.05) is 33.2 Å². The molecule has 1 aliphatic rings. The highest BCUT2D eigenvalue weighted by Gasteiger charge is 2.28. The average molecular weight is 397 g/mol. The molecule has 0 aliphatic carbocycles. The minimum Gasteiger partial charge on any atom is -0.494 e. The van der Waals surface area contributed by atoms with Crippen LogP contribution in [0.3, 0.4) is 0 Å². The highest BCUT2D eigenvalue weighted by molar-refractivity contribution is 7.89. The first-order chi connectivity index (χ1) is 13.4. The maximum Gasteiger partial charge on any atom is 0.244 e. The number of nitrogens with zero attached hydrogens (tertiary/aromatic N) is 4. The molecule has 0 spiro atoms. The maximum atomic E-state index is 12.8. The largest absolute Gasteiger partial charge is 0.494 e. The van der Waals surface area contributed by atoms with Crippen LogP contribution in [0.25, 0.3) is 22.2 Å². The zero-order valence-electron chi connectivity index (χ0n) is 15.3. The quantitative estimate of drug-likeness (QED) is 0.696. The van der Waals surface area contributed by atoms with Crippen molar-refractivity contribution in [1.29, 1.82) is 5.26 Å². The Balaban J connectivity index is 1.70. The molecule has 4 rings (SSSR count). The SMILES string of the molecule is CN1CCN(S(=O)(=O)c2ccc(-c3c(O)[nH]c4ccc(C#N)cc34)nc2)CC1. The predicted octanol–water partition coefficient (Wildman–Crippen LogP) is 1.74. The van der Waals surface area contributed by atoms with E-state index >= 15 is 0 Å². The minimum atomic E-state index is -3.60. The van der Waals surface area contributed by atoms with Crippen LogP contribution in [0.15, 0.2) is 41.4 Å². The number of sulfonamides is 1. The van der Waals surface area contributed by atoms with Gasteiger partial charge in [-0.25, -0.2) is 8.42 Å². The van der Waals surface area contributed by atoms with Crippen LogP contribution in [0.5, 0.6) is 5.88 Å². The topological polar surface area (TPSA) is 113 Å². The molecule has 0 amide bonds. The number of aromatic hydroxyl groups is 1. The first-order valence-corrected chi connectivity index (χ1v) is 10.2. The van der Waals surface area contributed by atoms with Crippen molar-refractivity contribution in [2.24, 2.45) is 0 Å². The number of aromatic nitrogens is 2. The van der Waals surface area contributed by atoms with Crippen molar-refractivity contribution >= 4 is 20.9 Å². The number of piperazine rings is 1. The zero-order valence-corrected chi connectivity index (χ0v) is 16.1. The third-order valence-corrected chi connectivity index (χ3v) is 6.88. The van der Waals surface area contributed by atoms with E-state index in [1.54, 1.807) is 24.3 Å². The molecule has 0 radical (unpaired) electrons. The van der Waals surface area contributed by atoms with Crippen molar-refractivity contribution in [3.63, 3.8) is 0 Å². The Morgan fingerprint density at radius 1 is 1.18 bits per heavy atom. The van der Waals surface area contributed by atoms with E-state index in [9.17, 15) is 13.5 Å². The van der Waals surface area contributed by atoms with Gasteiger partial charge in [-0.2, -0.15) is 9.57 Å². The molecular weight excluding hydrogens is 378 g/mol. The highest BCUT2D eigenvalue weighted by atomic mass is 32.2. The fourth-order valence-electron chi connectivity index (χ4n) is 3.36. The molecule has 144 valence electrons. The van der Waals surface area contributed by atoms with Crippen LogP contribution in [0.1, 0.15) is 5.56 Å². The van der Waals surface area contributed by atoms with Gasteiger partial charge in [0, 0.05) is 43.3 Å². The molecule has 1 fully saturated rings. The summed E-state index contributed by atoms with van der Waals surface area (Å²) in [5, 5.41) is 20.1. The van der Waals surface area contributed by atoms with Crippen molar-refractivity contribution in [3.8, 4) is 23.2 Å². The summed E-state index contributed by atoms with van der Waals surface area (Å²) < 4.78 is 27.1. The number of hydrogen-bond donors (Lipinski definition) is 2. The van der Waals surface area contributed by atoms with Gasteiger partial charge >= 0.3 is 0 Å². The predicted molar refractivity (Wildman–Crippen MR) is 104 cm³/mol. The number of benzene rings is 1. The molecular formula is C19H19N5O3S. The van der Waals surface area contributed by atoms with Gasteiger partial charge in [0.25, 0.3) is 0 Å². The Kier molecular flexibility index (Phi) is 4.55. The van der Waals surface area contributed by atoms with Gasteiger partial charge in [0.2, 0.25) is 10.0 Å². The van der Waals surface area contributed by atoms with Gasteiger partial charge in [0.1, 0.15) is 4.90 Å². The van der Waals surface area contributed by atoms with Gasteiger partial charge in [-0.15, -0.1) is 0 Å². The summed E-state index contributed by atoms with van der Waals surface area (Å²) in [4.78, 5) is 9.35. The second kappa shape index (κ2) is 6.91. The van der Waals surface area contributed by atoms with E-state index in [2.05, 4.69) is 20.9 Å². The summed E-state index contributed by atoms with van der Waals surface area (Å²) in [5.41, 5.74) is 2.00. The third-order valence-electron chi connectivity index (χ3n) is 5.00. The average Bonchev–Trinajstić information content (AvgIpc) is 3.03. The van der Waals surface area contributed by atoms with Crippen LogP contribution >= 0.6 is 0 Å². The first kappa shape index (κ1) is 18.4.